The first-order valence-corrected chi connectivity index (χ1v) is 6.86. The van der Waals surface area contributed by atoms with Gasteiger partial charge in [-0.1, -0.05) is 19.1 Å². The topological polar surface area (TPSA) is 49.8 Å². The summed E-state index contributed by atoms with van der Waals surface area (Å²) in [7, 11) is 0. The average molecular weight is 263 g/mol. The minimum Gasteiger partial charge on any atom is -0.484 e. The Morgan fingerprint density at radius 1 is 1.53 bits per heavy atom. The molecular weight excluding hydrogens is 242 g/mol. The molecule has 1 aromatic carbocycles. The normalized spacial score (nSPS) is 18.6. The van der Waals surface area contributed by atoms with Gasteiger partial charge in [-0.2, -0.15) is 0 Å². The molecule has 1 heterocycles. The van der Waals surface area contributed by atoms with Gasteiger partial charge in [-0.25, -0.2) is 0 Å². The lowest BCUT2D eigenvalue weighted by Gasteiger charge is -2.23. The van der Waals surface area contributed by atoms with Crippen LogP contribution in [0.2, 0.25) is 0 Å². The number of aliphatic hydroxyl groups is 1. The van der Waals surface area contributed by atoms with Gasteiger partial charge in [0.1, 0.15) is 5.75 Å². The standard InChI is InChI=1S/C15H21NO3/c1-2-12-5-3-7-14(9-12)19-11-15(18)16-8-4-6-13(16)10-17/h3,5,7,9,13,17H,2,4,6,8,10-11H2,1H3/t13-/m0/s1. The summed E-state index contributed by atoms with van der Waals surface area (Å²) in [6, 6.07) is 7.76. The number of ether oxygens (including phenoxy) is 1. The smallest absolute Gasteiger partial charge is 0.260 e. The molecule has 1 amide bonds. The summed E-state index contributed by atoms with van der Waals surface area (Å²) < 4.78 is 5.54. The molecule has 0 aromatic heterocycles. The number of benzene rings is 1. The van der Waals surface area contributed by atoms with Crippen molar-refractivity contribution in [1.29, 1.82) is 0 Å². The number of carbonyl (C=O) groups is 1. The quantitative estimate of drug-likeness (QED) is 0.878. The highest BCUT2D eigenvalue weighted by Gasteiger charge is 2.28. The predicted molar refractivity (Wildman–Crippen MR) is 73.1 cm³/mol. The van der Waals surface area contributed by atoms with Crippen molar-refractivity contribution < 1.29 is 14.6 Å². The number of aryl methyl sites for hydroxylation is 1. The van der Waals surface area contributed by atoms with E-state index in [1.807, 2.05) is 24.3 Å². The van der Waals surface area contributed by atoms with Crippen LogP contribution >= 0.6 is 0 Å². The van der Waals surface area contributed by atoms with Crippen LogP contribution in [0.3, 0.4) is 0 Å². The van der Waals surface area contributed by atoms with E-state index in [0.717, 1.165) is 31.6 Å². The molecule has 1 aliphatic rings. The molecular formula is C15H21NO3. The largest absolute Gasteiger partial charge is 0.484 e. The number of nitrogens with zero attached hydrogens (tertiary/aromatic N) is 1. The molecule has 1 aromatic rings. The number of likely N-dealkylation sites (tertiary alicyclic amines) is 1. The number of carbonyl (C=O) groups excluding carboxylic acids is 1. The molecule has 1 aliphatic heterocycles. The Balaban J connectivity index is 1.89. The van der Waals surface area contributed by atoms with Crippen molar-refractivity contribution in [3.05, 3.63) is 29.8 Å². The monoisotopic (exact) mass is 263 g/mol. The van der Waals surface area contributed by atoms with Crippen LogP contribution in [0.15, 0.2) is 24.3 Å². The van der Waals surface area contributed by atoms with E-state index in [-0.39, 0.29) is 25.2 Å². The van der Waals surface area contributed by atoms with Crippen molar-refractivity contribution in [3.63, 3.8) is 0 Å². The lowest BCUT2D eigenvalue weighted by molar-refractivity contribution is -0.134. The molecule has 0 unspecified atom stereocenters. The summed E-state index contributed by atoms with van der Waals surface area (Å²) in [5, 5.41) is 9.20. The van der Waals surface area contributed by atoms with Gasteiger partial charge >= 0.3 is 0 Å². The Bertz CT molecular complexity index is 433. The van der Waals surface area contributed by atoms with E-state index in [4.69, 9.17) is 4.74 Å². The van der Waals surface area contributed by atoms with Gasteiger partial charge in [-0.3, -0.25) is 4.79 Å². The Morgan fingerprint density at radius 2 is 2.37 bits per heavy atom. The molecule has 1 N–H and O–H groups in total. The van der Waals surface area contributed by atoms with Gasteiger partial charge in [-0.15, -0.1) is 0 Å². The Hall–Kier alpha value is -1.55. The molecule has 4 heteroatoms. The first-order valence-electron chi connectivity index (χ1n) is 6.86. The van der Waals surface area contributed by atoms with Gasteiger partial charge in [0.05, 0.1) is 12.6 Å². The van der Waals surface area contributed by atoms with Crippen LogP contribution in [-0.4, -0.2) is 41.7 Å². The molecule has 1 fully saturated rings. The lowest BCUT2D eigenvalue weighted by Crippen LogP contribution is -2.40. The first kappa shape index (κ1) is 13.9. The van der Waals surface area contributed by atoms with Crippen molar-refractivity contribution in [2.75, 3.05) is 19.8 Å². The van der Waals surface area contributed by atoms with Crippen LogP contribution < -0.4 is 4.74 Å². The van der Waals surface area contributed by atoms with Crippen molar-refractivity contribution in [2.45, 2.75) is 32.2 Å². The van der Waals surface area contributed by atoms with Gasteiger partial charge in [0.2, 0.25) is 0 Å². The number of amides is 1. The number of hydrogen-bond donors (Lipinski definition) is 1. The molecule has 2 rings (SSSR count). The zero-order valence-corrected chi connectivity index (χ0v) is 11.3. The molecule has 1 atom stereocenters. The van der Waals surface area contributed by atoms with Crippen LogP contribution in [-0.2, 0) is 11.2 Å². The highest BCUT2D eigenvalue weighted by atomic mass is 16.5. The highest BCUT2D eigenvalue weighted by molar-refractivity contribution is 5.78. The third-order valence-electron chi connectivity index (χ3n) is 3.58. The van der Waals surface area contributed by atoms with Gasteiger partial charge in [0.25, 0.3) is 5.91 Å². The molecule has 0 aliphatic carbocycles. The predicted octanol–water partition coefficient (Wildman–Crippen LogP) is 1.61. The van der Waals surface area contributed by atoms with Crippen LogP contribution in [0.5, 0.6) is 5.75 Å². The minimum atomic E-state index is -0.0431. The van der Waals surface area contributed by atoms with E-state index in [2.05, 4.69) is 6.92 Å². The fourth-order valence-electron chi connectivity index (χ4n) is 2.44. The third-order valence-corrected chi connectivity index (χ3v) is 3.58. The maximum absolute atomic E-state index is 12.0. The number of aliphatic hydroxyl groups excluding tert-OH is 1. The Morgan fingerprint density at radius 3 is 3.11 bits per heavy atom. The molecule has 0 spiro atoms. The van der Waals surface area contributed by atoms with Crippen LogP contribution in [0, 0.1) is 0 Å². The molecule has 0 bridgehead atoms. The Kier molecular flexibility index (Phi) is 4.80. The number of hydrogen-bond acceptors (Lipinski definition) is 3. The van der Waals surface area contributed by atoms with Crippen molar-refractivity contribution in [3.8, 4) is 5.75 Å². The first-order chi connectivity index (χ1) is 9.24. The maximum atomic E-state index is 12.0. The van der Waals surface area contributed by atoms with Crippen molar-refractivity contribution in [1.82, 2.24) is 4.90 Å². The summed E-state index contributed by atoms with van der Waals surface area (Å²) in [5.74, 6) is 0.686. The summed E-state index contributed by atoms with van der Waals surface area (Å²) in [5.41, 5.74) is 1.19. The van der Waals surface area contributed by atoms with E-state index in [0.29, 0.717) is 0 Å². The van der Waals surface area contributed by atoms with Crippen LogP contribution in [0.25, 0.3) is 0 Å². The van der Waals surface area contributed by atoms with E-state index < -0.39 is 0 Å². The molecule has 19 heavy (non-hydrogen) atoms. The third kappa shape index (κ3) is 3.47. The fraction of sp³-hybridized carbons (Fsp3) is 0.533. The second-order valence-corrected chi connectivity index (χ2v) is 4.86. The zero-order chi connectivity index (χ0) is 13.7. The van der Waals surface area contributed by atoms with Gasteiger partial charge in [0, 0.05) is 6.54 Å². The second-order valence-electron chi connectivity index (χ2n) is 4.86. The highest BCUT2D eigenvalue weighted by Crippen LogP contribution is 2.18. The van der Waals surface area contributed by atoms with Crippen LogP contribution in [0.4, 0.5) is 0 Å². The van der Waals surface area contributed by atoms with E-state index >= 15 is 0 Å². The fourth-order valence-corrected chi connectivity index (χ4v) is 2.44. The number of rotatable bonds is 5. The summed E-state index contributed by atoms with van der Waals surface area (Å²) in [6.45, 7) is 2.89. The summed E-state index contributed by atoms with van der Waals surface area (Å²) in [4.78, 5) is 13.8. The Labute approximate surface area is 114 Å². The zero-order valence-electron chi connectivity index (χ0n) is 11.3. The molecule has 4 nitrogen and oxygen atoms in total. The van der Waals surface area contributed by atoms with Crippen LogP contribution in [0.1, 0.15) is 25.3 Å². The van der Waals surface area contributed by atoms with E-state index in [9.17, 15) is 9.90 Å². The molecule has 0 radical (unpaired) electrons. The summed E-state index contributed by atoms with van der Waals surface area (Å²) in [6.07, 6.45) is 2.79. The van der Waals surface area contributed by atoms with E-state index in [1.54, 1.807) is 4.90 Å². The molecule has 104 valence electrons. The minimum absolute atomic E-state index is 0.0296. The average Bonchev–Trinajstić information content (AvgIpc) is 2.93. The lowest BCUT2D eigenvalue weighted by atomic mass is 10.2. The molecule has 1 saturated heterocycles. The van der Waals surface area contributed by atoms with Crippen molar-refractivity contribution >= 4 is 5.91 Å². The van der Waals surface area contributed by atoms with E-state index in [1.165, 1.54) is 5.56 Å². The maximum Gasteiger partial charge on any atom is 0.260 e. The van der Waals surface area contributed by atoms with Gasteiger partial charge < -0.3 is 14.7 Å². The molecule has 0 saturated carbocycles. The SMILES string of the molecule is CCc1cccc(OCC(=O)N2CCC[C@H]2CO)c1. The summed E-state index contributed by atoms with van der Waals surface area (Å²) >= 11 is 0. The van der Waals surface area contributed by atoms with Gasteiger partial charge in [-0.05, 0) is 37.0 Å². The van der Waals surface area contributed by atoms with Gasteiger partial charge in [0.15, 0.2) is 6.61 Å². The van der Waals surface area contributed by atoms with Crippen molar-refractivity contribution in [2.24, 2.45) is 0 Å². The second kappa shape index (κ2) is 6.57.